The van der Waals surface area contributed by atoms with Gasteiger partial charge in [0.2, 0.25) is 5.91 Å². The highest BCUT2D eigenvalue weighted by atomic mass is 16.3. The maximum absolute atomic E-state index is 12.4. The van der Waals surface area contributed by atoms with Gasteiger partial charge in [-0.1, -0.05) is 38.1 Å². The topological polar surface area (TPSA) is 60.8 Å². The normalized spacial score (nSPS) is 29.3. The highest BCUT2D eigenvalue weighted by molar-refractivity contribution is 5.80. The molecule has 3 aliphatic rings. The van der Waals surface area contributed by atoms with E-state index in [9.17, 15) is 15.0 Å². The number of carbonyl (C=O) groups excluding carboxylic acids is 1. The molecule has 1 aromatic carbocycles. The Balaban J connectivity index is 1.36. The Hall–Kier alpha value is -1.39. The molecule has 3 fully saturated rings. The predicted octanol–water partition coefficient (Wildman–Crippen LogP) is 3.17. The van der Waals surface area contributed by atoms with Gasteiger partial charge in [-0.25, -0.2) is 0 Å². The Morgan fingerprint density at radius 3 is 2.38 bits per heavy atom. The van der Waals surface area contributed by atoms with Crippen LogP contribution < -0.4 is 0 Å². The van der Waals surface area contributed by atoms with Crippen molar-refractivity contribution in [1.29, 1.82) is 0 Å². The van der Waals surface area contributed by atoms with E-state index in [-0.39, 0.29) is 23.3 Å². The number of aliphatic hydroxyl groups is 2. The molecular formula is C22H31NO3. The minimum absolute atomic E-state index is 0.0432. The van der Waals surface area contributed by atoms with Gasteiger partial charge in [0, 0.05) is 24.4 Å². The SMILES string of the molecule is CC(C)c1cccc(C2(O)CCC3(CC2)CN(C(=O)C2CC(O)C2)C3)c1. The van der Waals surface area contributed by atoms with Crippen molar-refractivity contribution in [2.24, 2.45) is 11.3 Å². The maximum Gasteiger partial charge on any atom is 0.225 e. The van der Waals surface area contributed by atoms with Gasteiger partial charge in [-0.05, 0) is 55.6 Å². The van der Waals surface area contributed by atoms with E-state index in [1.165, 1.54) is 5.56 Å². The van der Waals surface area contributed by atoms with E-state index < -0.39 is 5.60 Å². The summed E-state index contributed by atoms with van der Waals surface area (Å²) in [6.45, 7) is 6.03. The van der Waals surface area contributed by atoms with E-state index in [1.54, 1.807) is 0 Å². The molecule has 0 bridgehead atoms. The summed E-state index contributed by atoms with van der Waals surface area (Å²) >= 11 is 0. The Labute approximate surface area is 156 Å². The largest absolute Gasteiger partial charge is 0.393 e. The van der Waals surface area contributed by atoms with Gasteiger partial charge >= 0.3 is 0 Å². The zero-order chi connectivity index (χ0) is 18.5. The molecule has 0 radical (unpaired) electrons. The van der Waals surface area contributed by atoms with Crippen LogP contribution in [0, 0.1) is 11.3 Å². The van der Waals surface area contributed by atoms with Gasteiger partial charge in [-0.15, -0.1) is 0 Å². The summed E-state index contributed by atoms with van der Waals surface area (Å²) in [7, 11) is 0. The van der Waals surface area contributed by atoms with Gasteiger partial charge in [0.15, 0.2) is 0 Å². The third kappa shape index (κ3) is 3.07. The molecule has 0 aromatic heterocycles. The first kappa shape index (κ1) is 18.0. The van der Waals surface area contributed by atoms with Crippen molar-refractivity contribution in [2.45, 2.75) is 70.0 Å². The smallest absolute Gasteiger partial charge is 0.225 e. The average molecular weight is 357 g/mol. The standard InChI is InChI=1S/C22H31NO3/c1-15(2)16-4-3-5-18(10-16)22(26)8-6-21(7-9-22)13-23(14-21)20(25)17-11-19(24)12-17/h3-5,10,15,17,19,24,26H,6-9,11-14H2,1-2H3. The molecule has 142 valence electrons. The van der Waals surface area contributed by atoms with Crippen LogP contribution in [0.2, 0.25) is 0 Å². The molecule has 1 spiro atoms. The molecule has 2 saturated carbocycles. The van der Waals surface area contributed by atoms with E-state index >= 15 is 0 Å². The van der Waals surface area contributed by atoms with E-state index in [2.05, 4.69) is 38.1 Å². The second kappa shape index (κ2) is 6.35. The molecule has 1 aromatic rings. The van der Waals surface area contributed by atoms with Crippen molar-refractivity contribution < 1.29 is 15.0 Å². The molecule has 26 heavy (non-hydrogen) atoms. The summed E-state index contributed by atoms with van der Waals surface area (Å²) in [5, 5.41) is 20.6. The fraction of sp³-hybridized carbons (Fsp3) is 0.682. The summed E-state index contributed by atoms with van der Waals surface area (Å²) in [4.78, 5) is 14.4. The first-order valence-electron chi connectivity index (χ1n) is 10.1. The quantitative estimate of drug-likeness (QED) is 0.873. The highest BCUT2D eigenvalue weighted by Gasteiger charge is 2.51. The van der Waals surface area contributed by atoms with E-state index in [1.807, 2.05) is 4.90 Å². The lowest BCUT2D eigenvalue weighted by atomic mass is 9.62. The fourth-order valence-electron chi connectivity index (χ4n) is 4.95. The molecule has 1 heterocycles. The van der Waals surface area contributed by atoms with Crippen LogP contribution in [0.1, 0.15) is 69.4 Å². The number of rotatable bonds is 3. The Bertz CT molecular complexity index is 676. The second-order valence-corrected chi connectivity index (χ2v) is 9.33. The molecule has 1 aliphatic heterocycles. The molecule has 0 atom stereocenters. The van der Waals surface area contributed by atoms with Crippen molar-refractivity contribution >= 4 is 5.91 Å². The Morgan fingerprint density at radius 1 is 1.15 bits per heavy atom. The van der Waals surface area contributed by atoms with Crippen molar-refractivity contribution in [2.75, 3.05) is 13.1 Å². The summed E-state index contributed by atoms with van der Waals surface area (Å²) in [6.07, 6.45) is 4.50. The van der Waals surface area contributed by atoms with E-state index in [0.717, 1.165) is 44.3 Å². The van der Waals surface area contributed by atoms with Crippen LogP contribution >= 0.6 is 0 Å². The number of benzene rings is 1. The molecule has 4 nitrogen and oxygen atoms in total. The van der Waals surface area contributed by atoms with Gasteiger partial charge in [-0.3, -0.25) is 4.79 Å². The number of nitrogens with zero attached hydrogens (tertiary/aromatic N) is 1. The molecule has 1 saturated heterocycles. The van der Waals surface area contributed by atoms with E-state index in [4.69, 9.17) is 0 Å². The minimum atomic E-state index is -0.724. The number of likely N-dealkylation sites (tertiary alicyclic amines) is 1. The van der Waals surface area contributed by atoms with Crippen LogP contribution in [0.15, 0.2) is 24.3 Å². The lowest BCUT2D eigenvalue weighted by Crippen LogP contribution is -2.62. The van der Waals surface area contributed by atoms with Crippen LogP contribution in [0.25, 0.3) is 0 Å². The third-order valence-corrected chi connectivity index (χ3v) is 7.06. The Kier molecular flexibility index (Phi) is 4.39. The lowest BCUT2D eigenvalue weighted by molar-refractivity contribution is -0.161. The first-order chi connectivity index (χ1) is 12.3. The van der Waals surface area contributed by atoms with Gasteiger partial charge in [0.1, 0.15) is 0 Å². The van der Waals surface area contributed by atoms with Gasteiger partial charge in [0.25, 0.3) is 0 Å². The van der Waals surface area contributed by atoms with Crippen LogP contribution in [0.4, 0.5) is 0 Å². The number of carbonyl (C=O) groups is 1. The molecule has 2 aliphatic carbocycles. The van der Waals surface area contributed by atoms with Crippen LogP contribution in [-0.4, -0.2) is 40.2 Å². The van der Waals surface area contributed by atoms with Crippen molar-refractivity contribution in [3.63, 3.8) is 0 Å². The summed E-state index contributed by atoms with van der Waals surface area (Å²) in [5.74, 6) is 0.734. The average Bonchev–Trinajstić information content (AvgIpc) is 2.57. The van der Waals surface area contributed by atoms with Gasteiger partial charge in [0.05, 0.1) is 11.7 Å². The van der Waals surface area contributed by atoms with Gasteiger partial charge in [-0.2, -0.15) is 0 Å². The summed E-state index contributed by atoms with van der Waals surface area (Å²) < 4.78 is 0. The van der Waals surface area contributed by atoms with Crippen LogP contribution in [-0.2, 0) is 10.4 Å². The zero-order valence-corrected chi connectivity index (χ0v) is 15.9. The molecule has 1 amide bonds. The highest BCUT2D eigenvalue weighted by Crippen LogP contribution is 2.51. The zero-order valence-electron chi connectivity index (χ0n) is 15.9. The number of hydrogen-bond donors (Lipinski definition) is 2. The maximum atomic E-state index is 12.4. The third-order valence-electron chi connectivity index (χ3n) is 7.06. The second-order valence-electron chi connectivity index (χ2n) is 9.33. The van der Waals surface area contributed by atoms with Crippen LogP contribution in [0.5, 0.6) is 0 Å². The Morgan fingerprint density at radius 2 is 1.81 bits per heavy atom. The van der Waals surface area contributed by atoms with E-state index in [0.29, 0.717) is 18.8 Å². The minimum Gasteiger partial charge on any atom is -0.393 e. The molecule has 4 heteroatoms. The monoisotopic (exact) mass is 357 g/mol. The number of aliphatic hydroxyl groups excluding tert-OH is 1. The number of amides is 1. The lowest BCUT2D eigenvalue weighted by Gasteiger charge is -2.56. The van der Waals surface area contributed by atoms with Crippen molar-refractivity contribution in [3.8, 4) is 0 Å². The molecular weight excluding hydrogens is 326 g/mol. The predicted molar refractivity (Wildman–Crippen MR) is 101 cm³/mol. The molecule has 0 unspecified atom stereocenters. The summed E-state index contributed by atoms with van der Waals surface area (Å²) in [5.41, 5.74) is 1.81. The van der Waals surface area contributed by atoms with Crippen LogP contribution in [0.3, 0.4) is 0 Å². The van der Waals surface area contributed by atoms with Gasteiger partial charge < -0.3 is 15.1 Å². The first-order valence-corrected chi connectivity index (χ1v) is 10.1. The van der Waals surface area contributed by atoms with Crippen molar-refractivity contribution in [1.82, 2.24) is 4.90 Å². The fourth-order valence-corrected chi connectivity index (χ4v) is 4.95. The molecule has 2 N–H and O–H groups in total. The number of hydrogen-bond acceptors (Lipinski definition) is 3. The van der Waals surface area contributed by atoms with Crippen molar-refractivity contribution in [3.05, 3.63) is 35.4 Å². The summed E-state index contributed by atoms with van der Waals surface area (Å²) in [6, 6.07) is 8.42. The molecule has 4 rings (SSSR count).